The fraction of sp³-hybridized carbons (Fsp3) is 0.417. The zero-order chi connectivity index (χ0) is 15.8. The highest BCUT2D eigenvalue weighted by atomic mass is 35.5. The van der Waals surface area contributed by atoms with E-state index in [9.17, 15) is 13.2 Å². The summed E-state index contributed by atoms with van der Waals surface area (Å²) in [5.74, 6) is -1.30. The van der Waals surface area contributed by atoms with Crippen molar-refractivity contribution in [2.24, 2.45) is 0 Å². The second-order valence-corrected chi connectivity index (χ2v) is 7.50. The van der Waals surface area contributed by atoms with Crippen molar-refractivity contribution in [3.8, 4) is 0 Å². The Morgan fingerprint density at radius 2 is 1.71 bits per heavy atom. The van der Waals surface area contributed by atoms with Crippen molar-refractivity contribution in [2.45, 2.75) is 4.90 Å². The van der Waals surface area contributed by atoms with Crippen LogP contribution < -0.4 is 0 Å². The molecule has 0 aromatic heterocycles. The first-order chi connectivity index (χ1) is 9.73. The molecule has 1 aliphatic rings. The second kappa shape index (κ2) is 6.10. The van der Waals surface area contributed by atoms with Gasteiger partial charge in [-0.25, -0.2) is 13.2 Å². The highest BCUT2D eigenvalue weighted by Crippen LogP contribution is 2.31. The molecule has 0 unspecified atom stereocenters. The summed E-state index contributed by atoms with van der Waals surface area (Å²) >= 11 is 11.7. The minimum Gasteiger partial charge on any atom is -0.478 e. The van der Waals surface area contributed by atoms with Gasteiger partial charge in [-0.1, -0.05) is 23.2 Å². The maximum atomic E-state index is 12.6. The molecule has 0 amide bonds. The molecule has 0 saturated carbocycles. The first-order valence-electron chi connectivity index (χ1n) is 6.14. The van der Waals surface area contributed by atoms with Gasteiger partial charge in [0.05, 0.1) is 15.6 Å². The zero-order valence-corrected chi connectivity index (χ0v) is 13.5. The number of sulfonamides is 1. The Balaban J connectivity index is 2.45. The lowest BCUT2D eigenvalue weighted by Crippen LogP contribution is -2.47. The number of halogens is 2. The number of carboxylic acids is 1. The van der Waals surface area contributed by atoms with E-state index in [0.29, 0.717) is 26.2 Å². The van der Waals surface area contributed by atoms with Crippen LogP contribution in [0.15, 0.2) is 17.0 Å². The van der Waals surface area contributed by atoms with E-state index in [1.165, 1.54) is 4.31 Å². The predicted molar refractivity (Wildman–Crippen MR) is 79.7 cm³/mol. The first kappa shape index (κ1) is 16.5. The van der Waals surface area contributed by atoms with Crippen molar-refractivity contribution in [2.75, 3.05) is 33.2 Å². The third-order valence-electron chi connectivity index (χ3n) is 3.33. The molecule has 1 aromatic rings. The number of nitrogens with zero attached hydrogens (tertiary/aromatic N) is 2. The molecule has 1 aromatic carbocycles. The molecule has 0 aliphatic carbocycles. The van der Waals surface area contributed by atoms with Crippen LogP contribution in [-0.4, -0.2) is 61.9 Å². The fourth-order valence-electron chi connectivity index (χ4n) is 2.06. The average molecular weight is 353 g/mol. The molecule has 1 heterocycles. The number of hydrogen-bond acceptors (Lipinski definition) is 4. The maximum Gasteiger partial charge on any atom is 0.337 e. The molecule has 1 N–H and O–H groups in total. The van der Waals surface area contributed by atoms with E-state index in [1.54, 1.807) is 0 Å². The van der Waals surface area contributed by atoms with Gasteiger partial charge < -0.3 is 10.0 Å². The van der Waals surface area contributed by atoms with Crippen molar-refractivity contribution in [1.29, 1.82) is 0 Å². The molecule has 0 radical (unpaired) electrons. The summed E-state index contributed by atoms with van der Waals surface area (Å²) < 4.78 is 26.5. The predicted octanol–water partition coefficient (Wildman–Crippen LogP) is 1.63. The number of aromatic carboxylic acids is 1. The van der Waals surface area contributed by atoms with Gasteiger partial charge in [0.25, 0.3) is 0 Å². The van der Waals surface area contributed by atoms with E-state index in [4.69, 9.17) is 28.3 Å². The highest BCUT2D eigenvalue weighted by molar-refractivity contribution is 7.89. The van der Waals surface area contributed by atoms with Crippen molar-refractivity contribution in [1.82, 2.24) is 9.21 Å². The Bertz CT molecular complexity index is 670. The van der Waals surface area contributed by atoms with Gasteiger partial charge in [0.2, 0.25) is 10.0 Å². The van der Waals surface area contributed by atoms with E-state index in [1.807, 2.05) is 11.9 Å². The van der Waals surface area contributed by atoms with Gasteiger partial charge in [-0.3, -0.25) is 0 Å². The average Bonchev–Trinajstić information content (AvgIpc) is 2.38. The summed E-state index contributed by atoms with van der Waals surface area (Å²) in [7, 11) is -1.93. The molecule has 0 atom stereocenters. The SMILES string of the molecule is CN1CCN(S(=O)(=O)c2cc(C(=O)O)c(Cl)cc2Cl)CC1. The van der Waals surface area contributed by atoms with E-state index in [0.717, 1.165) is 12.1 Å². The quantitative estimate of drug-likeness (QED) is 0.894. The van der Waals surface area contributed by atoms with E-state index in [-0.39, 0.29) is 20.5 Å². The highest BCUT2D eigenvalue weighted by Gasteiger charge is 2.30. The van der Waals surface area contributed by atoms with Gasteiger partial charge >= 0.3 is 5.97 Å². The van der Waals surface area contributed by atoms with Gasteiger partial charge in [0.1, 0.15) is 4.90 Å². The monoisotopic (exact) mass is 352 g/mol. The zero-order valence-electron chi connectivity index (χ0n) is 11.2. The van der Waals surface area contributed by atoms with E-state index in [2.05, 4.69) is 0 Å². The second-order valence-electron chi connectivity index (χ2n) is 4.77. The number of benzene rings is 1. The van der Waals surface area contributed by atoms with Crippen LogP contribution in [0.1, 0.15) is 10.4 Å². The van der Waals surface area contributed by atoms with Crippen LogP contribution in [0.25, 0.3) is 0 Å². The third-order valence-corrected chi connectivity index (χ3v) is 6.01. The molecule has 0 bridgehead atoms. The number of carboxylic acid groups (broad SMARTS) is 1. The minimum absolute atomic E-state index is 0.0797. The van der Waals surface area contributed by atoms with Crippen molar-refractivity contribution in [3.63, 3.8) is 0 Å². The van der Waals surface area contributed by atoms with E-state index >= 15 is 0 Å². The van der Waals surface area contributed by atoms with Gasteiger partial charge in [-0.15, -0.1) is 0 Å². The lowest BCUT2D eigenvalue weighted by molar-refractivity contribution is 0.0697. The Hall–Kier alpha value is -0.860. The van der Waals surface area contributed by atoms with Crippen molar-refractivity contribution in [3.05, 3.63) is 27.7 Å². The molecular weight excluding hydrogens is 339 g/mol. The number of likely N-dealkylation sites (N-methyl/N-ethyl adjacent to an activating group) is 1. The number of carbonyl (C=O) groups is 1. The Morgan fingerprint density at radius 3 is 2.24 bits per heavy atom. The Labute approximate surface area is 132 Å². The van der Waals surface area contributed by atoms with Crippen LogP contribution in [-0.2, 0) is 10.0 Å². The van der Waals surface area contributed by atoms with Crippen LogP contribution in [0.5, 0.6) is 0 Å². The van der Waals surface area contributed by atoms with Crippen LogP contribution in [0.3, 0.4) is 0 Å². The molecular formula is C12H14Cl2N2O4S. The van der Waals surface area contributed by atoms with Gasteiger partial charge in [0, 0.05) is 26.2 Å². The van der Waals surface area contributed by atoms with Crippen LogP contribution in [0.4, 0.5) is 0 Å². The normalized spacial score (nSPS) is 17.9. The minimum atomic E-state index is -3.84. The van der Waals surface area contributed by atoms with Gasteiger partial charge in [-0.2, -0.15) is 4.31 Å². The molecule has 6 nitrogen and oxygen atoms in total. The fourth-order valence-corrected chi connectivity index (χ4v) is 4.31. The summed E-state index contributed by atoms with van der Waals surface area (Å²) in [6.45, 7) is 1.88. The van der Waals surface area contributed by atoms with E-state index < -0.39 is 16.0 Å². The van der Waals surface area contributed by atoms with Crippen LogP contribution in [0.2, 0.25) is 10.0 Å². The largest absolute Gasteiger partial charge is 0.478 e. The molecule has 1 saturated heterocycles. The molecule has 1 fully saturated rings. The van der Waals surface area contributed by atoms with Crippen molar-refractivity contribution >= 4 is 39.2 Å². The van der Waals surface area contributed by atoms with Gasteiger partial charge in [0.15, 0.2) is 0 Å². The summed E-state index contributed by atoms with van der Waals surface area (Å²) in [5.41, 5.74) is -0.284. The standard InChI is InChI=1S/C12H14Cl2N2O4S/c1-15-2-4-16(5-3-15)21(19,20)11-6-8(12(17)18)9(13)7-10(11)14/h6-7H,2-5H2,1H3,(H,17,18). The third kappa shape index (κ3) is 3.32. The topological polar surface area (TPSA) is 77.9 Å². The molecule has 1 aliphatic heterocycles. The smallest absolute Gasteiger partial charge is 0.337 e. The molecule has 2 rings (SSSR count). The summed E-state index contributed by atoms with van der Waals surface area (Å²) in [4.78, 5) is 12.9. The number of hydrogen-bond donors (Lipinski definition) is 1. The molecule has 9 heteroatoms. The molecule has 21 heavy (non-hydrogen) atoms. The Kier molecular flexibility index (Phi) is 4.79. The van der Waals surface area contributed by atoms with Crippen molar-refractivity contribution < 1.29 is 18.3 Å². The number of piperazine rings is 1. The molecule has 116 valence electrons. The lowest BCUT2D eigenvalue weighted by Gasteiger charge is -2.31. The molecule has 0 spiro atoms. The lowest BCUT2D eigenvalue weighted by atomic mass is 10.2. The first-order valence-corrected chi connectivity index (χ1v) is 8.34. The summed E-state index contributed by atoms with van der Waals surface area (Å²) in [5, 5.41) is 8.88. The summed E-state index contributed by atoms with van der Waals surface area (Å²) in [6, 6.07) is 2.16. The van der Waals surface area contributed by atoms with Crippen LogP contribution in [0, 0.1) is 0 Å². The number of rotatable bonds is 3. The van der Waals surface area contributed by atoms with Gasteiger partial charge in [-0.05, 0) is 19.2 Å². The van der Waals surface area contributed by atoms with Crippen LogP contribution >= 0.6 is 23.2 Å². The Morgan fingerprint density at radius 1 is 1.14 bits per heavy atom. The maximum absolute atomic E-state index is 12.6. The summed E-state index contributed by atoms with van der Waals surface area (Å²) in [6.07, 6.45) is 0.